The number of nitrogens with one attached hydrogen (secondary N) is 5. The Morgan fingerprint density at radius 3 is 2.28 bits per heavy atom. The van der Waals surface area contributed by atoms with Gasteiger partial charge in [0.1, 0.15) is 58.6 Å². The number of fused-ring (bicyclic) bond motifs is 5. The number of rotatable bonds is 25. The van der Waals surface area contributed by atoms with Crippen molar-refractivity contribution >= 4 is 82.4 Å². The lowest BCUT2D eigenvalue weighted by atomic mass is 9.83. The van der Waals surface area contributed by atoms with E-state index in [9.17, 15) is 53.1 Å². The van der Waals surface area contributed by atoms with Crippen molar-refractivity contribution in [1.29, 1.82) is 0 Å². The number of carbonyl (C=O) groups is 10. The van der Waals surface area contributed by atoms with E-state index in [1.165, 1.54) is 70.3 Å². The molecule has 3 saturated heterocycles. The fourth-order valence-corrected chi connectivity index (χ4v) is 12.1. The van der Waals surface area contributed by atoms with Gasteiger partial charge in [-0.05, 0) is 107 Å². The summed E-state index contributed by atoms with van der Waals surface area (Å²) in [6.07, 6.45) is 2.54. The number of halogens is 1. The number of epoxide rings is 1. The van der Waals surface area contributed by atoms with Gasteiger partial charge in [-0.2, -0.15) is 0 Å². The first-order chi connectivity index (χ1) is 43.4. The molecule has 27 heteroatoms. The first-order valence-corrected chi connectivity index (χ1v) is 31.6. The molecule has 26 nitrogen and oxygen atoms in total. The molecular weight excluding hydrogens is 1210 g/mol. The van der Waals surface area contributed by atoms with Gasteiger partial charge in [0, 0.05) is 71.0 Å². The summed E-state index contributed by atoms with van der Waals surface area (Å²) >= 11 is 6.86. The first-order valence-electron chi connectivity index (χ1n) is 31.2. The van der Waals surface area contributed by atoms with Gasteiger partial charge in [-0.15, -0.1) is 0 Å². The van der Waals surface area contributed by atoms with Crippen LogP contribution in [0.2, 0.25) is 5.02 Å². The Morgan fingerprint density at radius 2 is 1.63 bits per heavy atom. The van der Waals surface area contributed by atoms with Crippen molar-refractivity contribution in [3.8, 4) is 11.5 Å². The summed E-state index contributed by atoms with van der Waals surface area (Å²) < 4.78 is 35.3. The molecular formula is C65H92ClN9O17. The predicted molar refractivity (Wildman–Crippen MR) is 340 cm³/mol. The molecule has 92 heavy (non-hydrogen) atoms. The van der Waals surface area contributed by atoms with Crippen molar-refractivity contribution in [3.63, 3.8) is 0 Å². The van der Waals surface area contributed by atoms with Crippen molar-refractivity contribution in [2.24, 2.45) is 29.4 Å². The number of unbranched alkanes of at least 4 members (excludes halogenated alkanes) is 2. The Labute approximate surface area is 542 Å². The second-order valence-electron chi connectivity index (χ2n) is 25.2. The highest BCUT2D eigenvalue weighted by Gasteiger charge is 2.64. The van der Waals surface area contributed by atoms with E-state index in [1.807, 2.05) is 26.8 Å². The number of ether oxygens (including phenoxy) is 6. The fourth-order valence-electron chi connectivity index (χ4n) is 11.8. The summed E-state index contributed by atoms with van der Waals surface area (Å²) in [5, 5.41) is 25.3. The lowest BCUT2D eigenvalue weighted by Crippen LogP contribution is -2.63. The van der Waals surface area contributed by atoms with Gasteiger partial charge in [-0.25, -0.2) is 14.4 Å². The molecule has 0 aromatic heterocycles. The third-order valence-electron chi connectivity index (χ3n) is 17.4. The average molecular weight is 1310 g/mol. The summed E-state index contributed by atoms with van der Waals surface area (Å²) in [7, 11) is 7.05. The van der Waals surface area contributed by atoms with Gasteiger partial charge in [0.05, 0.1) is 38.1 Å². The normalized spacial score (nSPS) is 25.2. The molecule has 0 radical (unpaired) electrons. The van der Waals surface area contributed by atoms with Gasteiger partial charge >= 0.3 is 18.1 Å². The monoisotopic (exact) mass is 1310 g/mol. The minimum absolute atomic E-state index is 0.00562. The van der Waals surface area contributed by atoms with Crippen LogP contribution >= 0.6 is 11.6 Å². The predicted octanol–water partition coefficient (Wildman–Crippen LogP) is 5.83. The Hall–Kier alpha value is -7.81. The molecule has 0 spiro atoms. The summed E-state index contributed by atoms with van der Waals surface area (Å²) in [6, 6.07) is 3.24. The highest BCUT2D eigenvalue weighted by molar-refractivity contribution is 6.35. The zero-order valence-corrected chi connectivity index (χ0v) is 55.7. The highest BCUT2D eigenvalue weighted by Crippen LogP contribution is 2.49. The second kappa shape index (κ2) is 32.2. The molecule has 10 amide bonds. The van der Waals surface area contributed by atoms with Crippen LogP contribution in [0.15, 0.2) is 54.1 Å². The van der Waals surface area contributed by atoms with Crippen LogP contribution in [0.1, 0.15) is 136 Å². The maximum absolute atomic E-state index is 14.6. The van der Waals surface area contributed by atoms with E-state index in [0.29, 0.717) is 43.5 Å². The number of likely N-dealkylation sites (N-methyl/N-ethyl adjacent to an activating group) is 1. The Kier molecular flexibility index (Phi) is 25.6. The van der Waals surface area contributed by atoms with Gasteiger partial charge in [-0.3, -0.25) is 43.8 Å². The van der Waals surface area contributed by atoms with Crippen molar-refractivity contribution in [3.05, 3.63) is 70.3 Å². The SMILES string of the molecule is COc1cc(C(=O)N(C)[C@@H](C)C(=O)O[C@H]2CC(=O)N(C)c3cc(cc(OC)c3Cl)C/C(C)=C/C=C/[C@@H](OC)[C@@]3(O)C[C@H](OC(=O)N3)[C@@H](C)[C@@H]3O[C@@]23C)ccc1NC(=O)[C@H](CCCNC(N)=O)NC(=O)[C@@H](NC(=O)CCCCCN1C(=O)CC(CC(C)C)C1=O)C(C)C. The molecule has 4 heterocycles. The lowest BCUT2D eigenvalue weighted by molar-refractivity contribution is -0.158. The molecule has 8 N–H and O–H groups in total. The topological polar surface area (TPSA) is 345 Å². The van der Waals surface area contributed by atoms with E-state index in [4.69, 9.17) is 45.8 Å². The van der Waals surface area contributed by atoms with Crippen LogP contribution in [0.3, 0.4) is 0 Å². The van der Waals surface area contributed by atoms with Crippen LogP contribution in [0, 0.1) is 23.7 Å². The fraction of sp³-hybridized carbons (Fsp3) is 0.600. The Bertz CT molecular complexity index is 3140. The van der Waals surface area contributed by atoms with Crippen molar-refractivity contribution in [2.75, 3.05) is 58.7 Å². The maximum Gasteiger partial charge on any atom is 0.409 e. The number of methoxy groups -OCH3 is 3. The Balaban J connectivity index is 1.16. The smallest absolute Gasteiger partial charge is 0.409 e. The van der Waals surface area contributed by atoms with Crippen molar-refractivity contribution in [1.82, 2.24) is 31.1 Å². The van der Waals surface area contributed by atoms with E-state index in [2.05, 4.69) is 26.6 Å². The number of aliphatic hydroxyl groups is 1. The molecule has 0 aliphatic carbocycles. The molecule has 1 unspecified atom stereocenters. The number of urea groups is 1. The first kappa shape index (κ1) is 73.2. The van der Waals surface area contributed by atoms with E-state index in [-0.39, 0.29) is 90.9 Å². The number of allylic oxidation sites excluding steroid dienone is 3. The number of imide groups is 1. The zero-order chi connectivity index (χ0) is 68.1. The van der Waals surface area contributed by atoms with Gasteiger partial charge in [0.25, 0.3) is 5.91 Å². The quantitative estimate of drug-likeness (QED) is 0.0266. The number of amides is 10. The molecule has 3 fully saturated rings. The maximum atomic E-state index is 14.6. The molecule has 6 rings (SSSR count). The molecule has 4 aliphatic rings. The van der Waals surface area contributed by atoms with Gasteiger partial charge in [0.15, 0.2) is 5.72 Å². The van der Waals surface area contributed by atoms with Crippen molar-refractivity contribution < 1.29 is 81.5 Å². The van der Waals surface area contributed by atoms with Gasteiger partial charge in [0.2, 0.25) is 35.4 Å². The number of alkyl carbamates (subject to hydrolysis) is 1. The van der Waals surface area contributed by atoms with Crippen LogP contribution in [-0.4, -0.2) is 177 Å². The van der Waals surface area contributed by atoms with Crippen LogP contribution in [0.5, 0.6) is 11.5 Å². The van der Waals surface area contributed by atoms with Crippen LogP contribution in [-0.2, 0) is 58.9 Å². The van der Waals surface area contributed by atoms with E-state index < -0.39 is 120 Å². The zero-order valence-electron chi connectivity index (χ0n) is 54.9. The standard InChI is InChI=1S/C65H92ClN9O17/c1-35(2)27-42-32-53(78)75(60(42)82)26-16-14-15-22-51(76)71-55(36(3)4)58(80)70-44(20-18-25-68-62(67)84)57(79)69-43-24-23-41(31-46(43)87-11)59(81)73(9)39(7)61(83)91-50-33-52(77)74(10)45-29-40(30-47(88-12)54(45)66)28-37(5)19-17-21-49(89-13)65(86)34-48(90-63(85)72-65)38(6)56-64(50,8)92-56/h17,19,21,23-24,29-31,35-36,38-39,42,44,48-50,55-56,86H,14-16,18,20,22,25-28,32-34H2,1-13H3,(H,69,79)(H,70,80)(H,71,76)(H,72,85)(H3,67,68,84)/b21-17+,37-19+/t38-,39+,42?,44+,48+,49-,50+,55+,56+,64+,65+/m1/s1. The molecule has 4 aliphatic heterocycles. The number of nitrogens with zero attached hydrogens (tertiary/aromatic N) is 3. The van der Waals surface area contributed by atoms with E-state index >= 15 is 0 Å². The number of hydrogen-bond acceptors (Lipinski definition) is 17. The van der Waals surface area contributed by atoms with E-state index in [0.717, 1.165) is 16.0 Å². The van der Waals surface area contributed by atoms with Crippen molar-refractivity contribution in [2.45, 2.75) is 180 Å². The second-order valence-corrected chi connectivity index (χ2v) is 25.6. The molecule has 0 saturated carbocycles. The number of nitrogens with two attached hydrogens (primary N) is 1. The number of carbonyl (C=O) groups excluding carboxylic acids is 10. The lowest BCUT2D eigenvalue weighted by Gasteiger charge is -2.42. The third-order valence-corrected chi connectivity index (χ3v) is 17.8. The van der Waals surface area contributed by atoms with Gasteiger partial charge < -0.3 is 70.3 Å². The summed E-state index contributed by atoms with van der Waals surface area (Å²) in [5.74, 6) is -5.03. The molecule has 2 aromatic rings. The third kappa shape index (κ3) is 18.5. The number of benzene rings is 2. The number of esters is 1. The molecule has 4 bridgehead atoms. The van der Waals surface area contributed by atoms with Crippen LogP contribution in [0.4, 0.5) is 21.0 Å². The minimum atomic E-state index is -1.93. The Morgan fingerprint density at radius 1 is 0.924 bits per heavy atom. The average Bonchev–Trinajstić information content (AvgIpc) is 1.57. The highest BCUT2D eigenvalue weighted by atomic mass is 35.5. The largest absolute Gasteiger partial charge is 0.495 e. The molecule has 506 valence electrons. The van der Waals surface area contributed by atoms with E-state index in [1.54, 1.807) is 52.0 Å². The van der Waals surface area contributed by atoms with Crippen LogP contribution in [0.25, 0.3) is 0 Å². The van der Waals surface area contributed by atoms with Gasteiger partial charge in [-0.1, -0.05) is 76.4 Å². The molecule has 2 aromatic carbocycles. The summed E-state index contributed by atoms with van der Waals surface area (Å²) in [4.78, 5) is 138. The van der Waals surface area contributed by atoms with Crippen LogP contribution < -0.4 is 46.7 Å². The number of hydrogen-bond donors (Lipinski definition) is 7. The number of primary amides is 1. The summed E-state index contributed by atoms with van der Waals surface area (Å²) in [5.41, 5.74) is 3.99. The minimum Gasteiger partial charge on any atom is -0.495 e. The molecule has 11 atom stereocenters. The number of likely N-dealkylation sites (tertiary alicyclic amines) is 1. The summed E-state index contributed by atoms with van der Waals surface area (Å²) in [6.45, 7) is 14.5. The number of anilines is 2.